The normalized spacial score (nSPS) is 16.5. The van der Waals surface area contributed by atoms with Crippen LogP contribution in [0.2, 0.25) is 0 Å². The van der Waals surface area contributed by atoms with E-state index in [0.29, 0.717) is 12.5 Å². The van der Waals surface area contributed by atoms with Gasteiger partial charge in [0.05, 0.1) is 12.1 Å². The average Bonchev–Trinajstić information content (AvgIpc) is 3.22. The first-order chi connectivity index (χ1) is 10.2. The first-order valence-corrected chi connectivity index (χ1v) is 8.03. The Kier molecular flexibility index (Phi) is 4.81. The molecule has 1 aliphatic rings. The molecule has 0 heterocycles. The SMILES string of the molecule is CC(C)COc1ccc(C(C)(C)CNC(=O)C2(N)CC2)cc1. The molecule has 1 aromatic rings. The number of nitrogens with one attached hydrogen (secondary N) is 1. The van der Waals surface area contributed by atoms with E-state index in [2.05, 4.69) is 45.1 Å². The number of rotatable bonds is 7. The summed E-state index contributed by atoms with van der Waals surface area (Å²) in [6.45, 7) is 9.80. The Morgan fingerprint density at radius 2 is 1.91 bits per heavy atom. The summed E-state index contributed by atoms with van der Waals surface area (Å²) in [5, 5.41) is 2.98. The molecule has 1 fully saturated rings. The largest absolute Gasteiger partial charge is 0.493 e. The van der Waals surface area contributed by atoms with Crippen LogP contribution in [0.3, 0.4) is 0 Å². The van der Waals surface area contributed by atoms with E-state index in [1.54, 1.807) is 0 Å². The van der Waals surface area contributed by atoms with Crippen LogP contribution in [0.15, 0.2) is 24.3 Å². The van der Waals surface area contributed by atoms with Gasteiger partial charge < -0.3 is 15.8 Å². The zero-order chi connectivity index (χ0) is 16.4. The van der Waals surface area contributed by atoms with Gasteiger partial charge in [-0.25, -0.2) is 0 Å². The Morgan fingerprint density at radius 1 is 1.32 bits per heavy atom. The number of carbonyl (C=O) groups is 1. The van der Waals surface area contributed by atoms with E-state index in [1.807, 2.05) is 12.1 Å². The van der Waals surface area contributed by atoms with Gasteiger partial charge >= 0.3 is 0 Å². The molecule has 22 heavy (non-hydrogen) atoms. The minimum Gasteiger partial charge on any atom is -0.493 e. The number of ether oxygens (including phenoxy) is 1. The van der Waals surface area contributed by atoms with Gasteiger partial charge in [-0.1, -0.05) is 39.8 Å². The van der Waals surface area contributed by atoms with Gasteiger partial charge in [-0.3, -0.25) is 4.79 Å². The third-order valence-electron chi connectivity index (χ3n) is 4.15. The fraction of sp³-hybridized carbons (Fsp3) is 0.611. The van der Waals surface area contributed by atoms with Crippen LogP contribution in [-0.4, -0.2) is 24.6 Å². The monoisotopic (exact) mass is 304 g/mol. The van der Waals surface area contributed by atoms with Gasteiger partial charge in [0.25, 0.3) is 0 Å². The maximum atomic E-state index is 12.0. The Morgan fingerprint density at radius 3 is 2.41 bits per heavy atom. The van der Waals surface area contributed by atoms with Crippen LogP contribution >= 0.6 is 0 Å². The zero-order valence-corrected chi connectivity index (χ0v) is 14.1. The molecule has 0 spiro atoms. The van der Waals surface area contributed by atoms with E-state index in [1.165, 1.54) is 5.56 Å². The van der Waals surface area contributed by atoms with Gasteiger partial charge in [0.15, 0.2) is 0 Å². The molecule has 3 N–H and O–H groups in total. The maximum Gasteiger partial charge on any atom is 0.240 e. The Balaban J connectivity index is 1.92. The summed E-state index contributed by atoms with van der Waals surface area (Å²) in [5.74, 6) is 1.37. The summed E-state index contributed by atoms with van der Waals surface area (Å²) in [4.78, 5) is 12.0. The standard InChI is InChI=1S/C18H28N2O2/c1-13(2)11-22-15-7-5-14(6-8-15)17(3,4)12-20-16(21)18(19)9-10-18/h5-8,13H,9-12,19H2,1-4H3,(H,20,21). The van der Waals surface area contributed by atoms with Crippen molar-refractivity contribution in [1.29, 1.82) is 0 Å². The van der Waals surface area contributed by atoms with E-state index in [-0.39, 0.29) is 11.3 Å². The summed E-state index contributed by atoms with van der Waals surface area (Å²) in [5.41, 5.74) is 6.33. The molecular formula is C18H28N2O2. The summed E-state index contributed by atoms with van der Waals surface area (Å²) in [7, 11) is 0. The highest BCUT2D eigenvalue weighted by Gasteiger charge is 2.46. The molecule has 122 valence electrons. The Labute approximate surface area is 133 Å². The van der Waals surface area contributed by atoms with Crippen molar-refractivity contribution in [2.45, 2.75) is 51.5 Å². The predicted octanol–water partition coefficient (Wildman–Crippen LogP) is 2.61. The van der Waals surface area contributed by atoms with Crippen molar-refractivity contribution in [3.05, 3.63) is 29.8 Å². The molecule has 1 aliphatic carbocycles. The smallest absolute Gasteiger partial charge is 0.240 e. The number of carbonyl (C=O) groups excluding carboxylic acids is 1. The lowest BCUT2D eigenvalue weighted by molar-refractivity contribution is -0.123. The van der Waals surface area contributed by atoms with Crippen LogP contribution in [0.25, 0.3) is 0 Å². The van der Waals surface area contributed by atoms with Gasteiger partial charge in [0, 0.05) is 12.0 Å². The molecule has 1 aromatic carbocycles. The van der Waals surface area contributed by atoms with Gasteiger partial charge in [0.1, 0.15) is 5.75 Å². The summed E-state index contributed by atoms with van der Waals surface area (Å²) in [6, 6.07) is 8.12. The molecule has 4 nitrogen and oxygen atoms in total. The van der Waals surface area contributed by atoms with Crippen LogP contribution in [0, 0.1) is 5.92 Å². The Bertz CT molecular complexity index is 516. The van der Waals surface area contributed by atoms with Crippen molar-refractivity contribution in [3.63, 3.8) is 0 Å². The fourth-order valence-electron chi connectivity index (χ4n) is 2.21. The van der Waals surface area contributed by atoms with E-state index in [9.17, 15) is 4.79 Å². The summed E-state index contributed by atoms with van der Waals surface area (Å²) < 4.78 is 5.70. The van der Waals surface area contributed by atoms with E-state index >= 15 is 0 Å². The summed E-state index contributed by atoms with van der Waals surface area (Å²) in [6.07, 6.45) is 1.59. The van der Waals surface area contributed by atoms with Crippen LogP contribution in [-0.2, 0) is 10.2 Å². The average molecular weight is 304 g/mol. The summed E-state index contributed by atoms with van der Waals surface area (Å²) >= 11 is 0. The maximum absolute atomic E-state index is 12.0. The molecule has 1 amide bonds. The van der Waals surface area contributed by atoms with Crippen molar-refractivity contribution in [2.75, 3.05) is 13.2 Å². The lowest BCUT2D eigenvalue weighted by Crippen LogP contribution is -2.46. The molecule has 1 saturated carbocycles. The quantitative estimate of drug-likeness (QED) is 0.814. The molecule has 0 bridgehead atoms. The second kappa shape index (κ2) is 6.29. The molecule has 0 aromatic heterocycles. The van der Waals surface area contributed by atoms with Crippen LogP contribution in [0.4, 0.5) is 0 Å². The lowest BCUT2D eigenvalue weighted by Gasteiger charge is -2.26. The molecule has 0 saturated heterocycles. The lowest BCUT2D eigenvalue weighted by atomic mass is 9.84. The number of amides is 1. The van der Waals surface area contributed by atoms with E-state index in [0.717, 1.165) is 25.2 Å². The van der Waals surface area contributed by atoms with E-state index in [4.69, 9.17) is 10.5 Å². The number of nitrogens with two attached hydrogens (primary N) is 1. The van der Waals surface area contributed by atoms with Gasteiger partial charge in [0.2, 0.25) is 5.91 Å². The number of benzene rings is 1. The van der Waals surface area contributed by atoms with Gasteiger partial charge in [-0.05, 0) is 36.5 Å². The van der Waals surface area contributed by atoms with Crippen LogP contribution in [0.5, 0.6) is 5.75 Å². The third kappa shape index (κ3) is 4.23. The molecule has 0 atom stereocenters. The molecular weight excluding hydrogens is 276 g/mol. The van der Waals surface area contributed by atoms with Crippen LogP contribution in [0.1, 0.15) is 46.1 Å². The van der Waals surface area contributed by atoms with Crippen molar-refractivity contribution in [1.82, 2.24) is 5.32 Å². The number of hydrogen-bond donors (Lipinski definition) is 2. The first-order valence-electron chi connectivity index (χ1n) is 8.03. The van der Waals surface area contributed by atoms with Crippen LogP contribution < -0.4 is 15.8 Å². The molecule has 4 heteroatoms. The zero-order valence-electron chi connectivity index (χ0n) is 14.1. The highest BCUT2D eigenvalue weighted by atomic mass is 16.5. The van der Waals surface area contributed by atoms with Crippen molar-refractivity contribution >= 4 is 5.91 Å². The second-order valence-electron chi connectivity index (χ2n) is 7.45. The molecule has 0 unspecified atom stereocenters. The predicted molar refractivity (Wildman–Crippen MR) is 89.0 cm³/mol. The highest BCUT2D eigenvalue weighted by Crippen LogP contribution is 2.32. The topological polar surface area (TPSA) is 64.3 Å². The van der Waals surface area contributed by atoms with Crippen molar-refractivity contribution in [2.24, 2.45) is 11.7 Å². The third-order valence-corrected chi connectivity index (χ3v) is 4.15. The van der Waals surface area contributed by atoms with Gasteiger partial charge in [-0.15, -0.1) is 0 Å². The van der Waals surface area contributed by atoms with Crippen molar-refractivity contribution < 1.29 is 9.53 Å². The first kappa shape index (κ1) is 16.8. The minimum atomic E-state index is -0.607. The van der Waals surface area contributed by atoms with Crippen molar-refractivity contribution in [3.8, 4) is 5.75 Å². The Hall–Kier alpha value is -1.55. The highest BCUT2D eigenvalue weighted by molar-refractivity contribution is 5.89. The number of hydrogen-bond acceptors (Lipinski definition) is 3. The fourth-order valence-corrected chi connectivity index (χ4v) is 2.21. The van der Waals surface area contributed by atoms with E-state index < -0.39 is 5.54 Å². The molecule has 2 rings (SSSR count). The molecule has 0 aliphatic heterocycles. The minimum absolute atomic E-state index is 0.0301. The van der Waals surface area contributed by atoms with Gasteiger partial charge in [-0.2, -0.15) is 0 Å². The second-order valence-corrected chi connectivity index (χ2v) is 7.45. The molecule has 0 radical (unpaired) electrons.